The van der Waals surface area contributed by atoms with E-state index in [1.165, 1.54) is 30.0 Å². The fourth-order valence-corrected chi connectivity index (χ4v) is 4.71. The molecule has 2 heterocycles. The van der Waals surface area contributed by atoms with E-state index in [0.29, 0.717) is 6.04 Å². The fraction of sp³-hybridized carbons (Fsp3) is 0.812. The van der Waals surface area contributed by atoms with Gasteiger partial charge in [-0.15, -0.1) is 0 Å². The Kier molecular flexibility index (Phi) is 6.90. The molecule has 1 aromatic heterocycles. The summed E-state index contributed by atoms with van der Waals surface area (Å²) in [4.78, 5) is 0. The number of nitrogens with one attached hydrogen (secondary N) is 1. The van der Waals surface area contributed by atoms with Crippen molar-refractivity contribution in [2.75, 3.05) is 18.1 Å². The standard InChI is InChI=1S/C16H28ClN3S/c1-4-8-18-14(12-7-9-21-11-12)10-15-16(17)13(5-2)19-20(15)6-3/h12,14,18H,4-11H2,1-3H3. The topological polar surface area (TPSA) is 29.9 Å². The van der Waals surface area contributed by atoms with Gasteiger partial charge in [0.2, 0.25) is 0 Å². The van der Waals surface area contributed by atoms with Crippen LogP contribution in [-0.4, -0.2) is 33.9 Å². The van der Waals surface area contributed by atoms with Crippen molar-refractivity contribution in [2.24, 2.45) is 5.92 Å². The molecule has 1 N–H and O–H groups in total. The highest BCUT2D eigenvalue weighted by Gasteiger charge is 2.27. The van der Waals surface area contributed by atoms with Gasteiger partial charge in [0, 0.05) is 19.0 Å². The van der Waals surface area contributed by atoms with Gasteiger partial charge in [-0.3, -0.25) is 4.68 Å². The molecule has 2 unspecified atom stereocenters. The maximum atomic E-state index is 6.58. The van der Waals surface area contributed by atoms with Crippen molar-refractivity contribution in [3.63, 3.8) is 0 Å². The van der Waals surface area contributed by atoms with E-state index < -0.39 is 0 Å². The summed E-state index contributed by atoms with van der Waals surface area (Å²) in [7, 11) is 0. The van der Waals surface area contributed by atoms with Crippen molar-refractivity contribution in [3.8, 4) is 0 Å². The fourth-order valence-electron chi connectivity index (χ4n) is 3.03. The van der Waals surface area contributed by atoms with E-state index in [0.717, 1.165) is 42.6 Å². The Bertz CT molecular complexity index is 441. The summed E-state index contributed by atoms with van der Waals surface area (Å²) in [6, 6.07) is 0.532. The summed E-state index contributed by atoms with van der Waals surface area (Å²) in [6.45, 7) is 8.48. The molecule has 1 aliphatic heterocycles. The van der Waals surface area contributed by atoms with E-state index in [4.69, 9.17) is 11.6 Å². The summed E-state index contributed by atoms with van der Waals surface area (Å²) >= 11 is 8.66. The SMILES string of the molecule is CCCNC(Cc1c(Cl)c(CC)nn1CC)C1CCSC1. The zero-order valence-electron chi connectivity index (χ0n) is 13.5. The van der Waals surface area contributed by atoms with E-state index in [1.807, 2.05) is 0 Å². The number of aryl methyl sites for hydroxylation is 2. The third kappa shape index (κ3) is 4.17. The van der Waals surface area contributed by atoms with E-state index in [9.17, 15) is 0 Å². The van der Waals surface area contributed by atoms with Crippen LogP contribution in [-0.2, 0) is 19.4 Å². The first kappa shape index (κ1) is 17.2. The smallest absolute Gasteiger partial charge is 0.0850 e. The van der Waals surface area contributed by atoms with Gasteiger partial charge in [0.15, 0.2) is 0 Å². The van der Waals surface area contributed by atoms with E-state index in [-0.39, 0.29) is 0 Å². The van der Waals surface area contributed by atoms with E-state index in [2.05, 4.69) is 47.6 Å². The number of hydrogen-bond acceptors (Lipinski definition) is 3. The number of aromatic nitrogens is 2. The van der Waals surface area contributed by atoms with Gasteiger partial charge in [0.1, 0.15) is 0 Å². The molecule has 0 bridgehead atoms. The first-order valence-corrected chi connectivity index (χ1v) is 9.79. The van der Waals surface area contributed by atoms with Crippen LogP contribution in [0.25, 0.3) is 0 Å². The molecule has 1 aliphatic rings. The van der Waals surface area contributed by atoms with Gasteiger partial charge < -0.3 is 5.32 Å². The lowest BCUT2D eigenvalue weighted by Gasteiger charge is -2.24. The monoisotopic (exact) mass is 329 g/mol. The Morgan fingerprint density at radius 3 is 2.81 bits per heavy atom. The van der Waals surface area contributed by atoms with E-state index >= 15 is 0 Å². The lowest BCUT2D eigenvalue weighted by molar-refractivity contribution is 0.372. The molecular formula is C16H28ClN3S. The molecule has 0 saturated carbocycles. The quantitative estimate of drug-likeness (QED) is 0.787. The Morgan fingerprint density at radius 1 is 1.43 bits per heavy atom. The van der Waals surface area contributed by atoms with Gasteiger partial charge in [0.05, 0.1) is 16.4 Å². The zero-order valence-corrected chi connectivity index (χ0v) is 15.1. The van der Waals surface area contributed by atoms with Gasteiger partial charge in [0.25, 0.3) is 0 Å². The second kappa shape index (κ2) is 8.44. The summed E-state index contributed by atoms with van der Waals surface area (Å²) in [5.41, 5.74) is 2.27. The van der Waals surface area contributed by atoms with Crippen LogP contribution in [0.2, 0.25) is 5.02 Å². The molecule has 2 atom stereocenters. The van der Waals surface area contributed by atoms with Crippen molar-refractivity contribution >= 4 is 23.4 Å². The molecule has 2 rings (SSSR count). The Balaban J connectivity index is 2.16. The normalized spacial score (nSPS) is 20.1. The first-order chi connectivity index (χ1) is 10.2. The Morgan fingerprint density at radius 2 is 2.24 bits per heavy atom. The molecule has 1 saturated heterocycles. The second-order valence-electron chi connectivity index (χ2n) is 5.77. The minimum Gasteiger partial charge on any atom is -0.313 e. The van der Waals surface area contributed by atoms with Crippen LogP contribution in [0.5, 0.6) is 0 Å². The van der Waals surface area contributed by atoms with E-state index in [1.54, 1.807) is 0 Å². The largest absolute Gasteiger partial charge is 0.313 e. The van der Waals surface area contributed by atoms with Crippen LogP contribution in [0, 0.1) is 5.92 Å². The average molecular weight is 330 g/mol. The highest BCUT2D eigenvalue weighted by molar-refractivity contribution is 7.99. The summed E-state index contributed by atoms with van der Waals surface area (Å²) in [6.07, 6.45) is 4.41. The van der Waals surface area contributed by atoms with Crippen molar-refractivity contribution in [2.45, 2.75) is 59.0 Å². The maximum Gasteiger partial charge on any atom is 0.0850 e. The van der Waals surface area contributed by atoms with Crippen LogP contribution >= 0.6 is 23.4 Å². The van der Waals surface area contributed by atoms with Crippen molar-refractivity contribution < 1.29 is 0 Å². The number of rotatable bonds is 8. The van der Waals surface area contributed by atoms with Crippen molar-refractivity contribution in [3.05, 3.63) is 16.4 Å². The van der Waals surface area contributed by atoms with Crippen molar-refractivity contribution in [1.29, 1.82) is 0 Å². The molecule has 0 spiro atoms. The number of halogens is 1. The molecule has 1 fully saturated rings. The average Bonchev–Trinajstić information content (AvgIpc) is 3.12. The highest BCUT2D eigenvalue weighted by atomic mass is 35.5. The minimum absolute atomic E-state index is 0.532. The van der Waals surface area contributed by atoms with Gasteiger partial charge in [-0.1, -0.05) is 25.4 Å². The number of nitrogens with zero attached hydrogens (tertiary/aromatic N) is 2. The number of thioether (sulfide) groups is 1. The third-order valence-electron chi connectivity index (χ3n) is 4.30. The Labute approximate surface area is 138 Å². The Hall–Kier alpha value is -0.190. The van der Waals surface area contributed by atoms with Crippen LogP contribution in [0.4, 0.5) is 0 Å². The third-order valence-corrected chi connectivity index (χ3v) is 5.92. The summed E-state index contributed by atoms with van der Waals surface area (Å²) < 4.78 is 2.10. The van der Waals surface area contributed by atoms with Crippen LogP contribution in [0.3, 0.4) is 0 Å². The van der Waals surface area contributed by atoms with Gasteiger partial charge in [-0.2, -0.15) is 16.9 Å². The van der Waals surface area contributed by atoms with Gasteiger partial charge in [-0.25, -0.2) is 0 Å². The molecule has 0 aromatic carbocycles. The first-order valence-electron chi connectivity index (χ1n) is 8.26. The predicted octanol–water partition coefficient (Wildman–Crippen LogP) is 3.78. The molecule has 0 aliphatic carbocycles. The lowest BCUT2D eigenvalue weighted by Crippen LogP contribution is -2.39. The molecular weight excluding hydrogens is 302 g/mol. The molecule has 21 heavy (non-hydrogen) atoms. The molecule has 0 amide bonds. The van der Waals surface area contributed by atoms with Crippen LogP contribution in [0.1, 0.15) is 45.0 Å². The summed E-state index contributed by atoms with van der Waals surface area (Å²) in [5.74, 6) is 3.35. The molecule has 120 valence electrons. The molecule has 0 radical (unpaired) electrons. The lowest BCUT2D eigenvalue weighted by atomic mass is 9.94. The zero-order chi connectivity index (χ0) is 15.2. The highest BCUT2D eigenvalue weighted by Crippen LogP contribution is 2.30. The predicted molar refractivity (Wildman–Crippen MR) is 93.5 cm³/mol. The molecule has 3 nitrogen and oxygen atoms in total. The molecule has 5 heteroatoms. The summed E-state index contributed by atoms with van der Waals surface area (Å²) in [5, 5.41) is 9.31. The van der Waals surface area contributed by atoms with Crippen molar-refractivity contribution in [1.82, 2.24) is 15.1 Å². The van der Waals surface area contributed by atoms with Crippen LogP contribution in [0.15, 0.2) is 0 Å². The second-order valence-corrected chi connectivity index (χ2v) is 7.29. The number of hydrogen-bond donors (Lipinski definition) is 1. The van der Waals surface area contributed by atoms with Gasteiger partial charge in [-0.05, 0) is 50.2 Å². The minimum atomic E-state index is 0.532. The maximum absolute atomic E-state index is 6.58. The van der Waals surface area contributed by atoms with Gasteiger partial charge >= 0.3 is 0 Å². The molecule has 1 aromatic rings. The van der Waals surface area contributed by atoms with Crippen LogP contribution < -0.4 is 5.32 Å².